The number of methoxy groups -OCH3 is 1. The Morgan fingerprint density at radius 2 is 1.73 bits per heavy atom. The number of hydrazone groups is 1. The highest BCUT2D eigenvalue weighted by Gasteiger charge is 2.33. The summed E-state index contributed by atoms with van der Waals surface area (Å²) in [6, 6.07) is 22.9. The molecular formula is C30H29BrN6O3S. The fourth-order valence-electron chi connectivity index (χ4n) is 4.43. The first-order valence-electron chi connectivity index (χ1n) is 13.0. The highest BCUT2D eigenvalue weighted by Crippen LogP contribution is 2.34. The molecule has 3 aromatic carbocycles. The second-order valence-corrected chi connectivity index (χ2v) is 11.4. The summed E-state index contributed by atoms with van der Waals surface area (Å²) in [4.78, 5) is 26.0. The van der Waals surface area contributed by atoms with Crippen LogP contribution in [-0.4, -0.2) is 50.2 Å². The number of amides is 2. The third kappa shape index (κ3) is 6.68. The van der Waals surface area contributed by atoms with E-state index in [1.54, 1.807) is 41.0 Å². The summed E-state index contributed by atoms with van der Waals surface area (Å²) in [5.41, 5.74) is 4.58. The van der Waals surface area contributed by atoms with Crippen molar-refractivity contribution in [2.24, 2.45) is 12.1 Å². The van der Waals surface area contributed by atoms with Gasteiger partial charge < -0.3 is 14.6 Å². The van der Waals surface area contributed by atoms with Gasteiger partial charge in [0.15, 0.2) is 11.0 Å². The topological polar surface area (TPSA) is 102 Å². The van der Waals surface area contributed by atoms with Crippen molar-refractivity contribution in [3.8, 4) is 5.75 Å². The molecule has 0 radical (unpaired) electrons. The molecule has 2 heterocycles. The van der Waals surface area contributed by atoms with Crippen LogP contribution in [-0.2, 0) is 18.4 Å². The molecule has 1 aromatic heterocycles. The molecule has 9 nitrogen and oxygen atoms in total. The number of halogens is 1. The number of hydrogen-bond donors (Lipinski definition) is 1. The molecule has 210 valence electrons. The molecule has 0 saturated heterocycles. The number of carbonyl (C=O) groups excluding carboxylic acids is 2. The Hall–Kier alpha value is -3.96. The Bertz CT molecular complexity index is 1570. The predicted octanol–water partition coefficient (Wildman–Crippen LogP) is 5.29. The molecule has 4 aromatic rings. The van der Waals surface area contributed by atoms with Crippen molar-refractivity contribution < 1.29 is 14.3 Å². The summed E-state index contributed by atoms with van der Waals surface area (Å²) in [6.07, 6.45) is 0.628. The fourth-order valence-corrected chi connectivity index (χ4v) is 5.47. The van der Waals surface area contributed by atoms with Crippen LogP contribution in [0, 0.1) is 6.92 Å². The number of rotatable bonds is 9. The van der Waals surface area contributed by atoms with E-state index < -0.39 is 0 Å². The number of nitrogens with zero attached hydrogens (tertiary/aromatic N) is 5. The van der Waals surface area contributed by atoms with Gasteiger partial charge in [0.05, 0.1) is 31.2 Å². The largest absolute Gasteiger partial charge is 0.497 e. The molecule has 0 spiro atoms. The van der Waals surface area contributed by atoms with Gasteiger partial charge in [0.1, 0.15) is 5.75 Å². The summed E-state index contributed by atoms with van der Waals surface area (Å²) in [7, 11) is 3.39. The van der Waals surface area contributed by atoms with Crippen LogP contribution in [0.15, 0.2) is 87.5 Å². The second-order valence-electron chi connectivity index (χ2n) is 9.58. The van der Waals surface area contributed by atoms with Crippen LogP contribution in [0.4, 0.5) is 0 Å². The zero-order chi connectivity index (χ0) is 28.9. The summed E-state index contributed by atoms with van der Waals surface area (Å²) in [5, 5.41) is 18.3. The molecule has 1 aliphatic heterocycles. The Morgan fingerprint density at radius 1 is 1.02 bits per heavy atom. The van der Waals surface area contributed by atoms with Crippen LogP contribution in [0.3, 0.4) is 0 Å². The van der Waals surface area contributed by atoms with Gasteiger partial charge in [-0.2, -0.15) is 5.10 Å². The molecule has 41 heavy (non-hydrogen) atoms. The maximum atomic E-state index is 13.5. The first-order chi connectivity index (χ1) is 19.8. The normalized spacial score (nSPS) is 14.6. The maximum Gasteiger partial charge on any atom is 0.253 e. The van der Waals surface area contributed by atoms with E-state index >= 15 is 0 Å². The minimum Gasteiger partial charge on any atom is -0.497 e. The monoisotopic (exact) mass is 632 g/mol. The minimum absolute atomic E-state index is 0.120. The lowest BCUT2D eigenvalue weighted by atomic mass is 9.98. The molecule has 1 N–H and O–H groups in total. The number of nitrogens with one attached hydrogen (secondary N) is 1. The summed E-state index contributed by atoms with van der Waals surface area (Å²) in [5.74, 6) is 1.06. The van der Waals surface area contributed by atoms with E-state index in [0.29, 0.717) is 28.7 Å². The van der Waals surface area contributed by atoms with E-state index in [0.717, 1.165) is 26.9 Å². The van der Waals surface area contributed by atoms with Crippen molar-refractivity contribution in [2.45, 2.75) is 31.1 Å². The number of aromatic nitrogens is 3. The average Bonchev–Trinajstić information content (AvgIpc) is 3.59. The van der Waals surface area contributed by atoms with Crippen LogP contribution in [0.1, 0.15) is 45.3 Å². The quantitative estimate of drug-likeness (QED) is 0.251. The molecule has 1 aliphatic rings. The molecular weight excluding hydrogens is 604 g/mol. The van der Waals surface area contributed by atoms with Crippen molar-refractivity contribution in [1.82, 2.24) is 25.1 Å². The van der Waals surface area contributed by atoms with E-state index in [1.165, 1.54) is 11.8 Å². The van der Waals surface area contributed by atoms with Gasteiger partial charge in [-0.05, 0) is 54.4 Å². The molecule has 0 aliphatic carbocycles. The summed E-state index contributed by atoms with van der Waals surface area (Å²) < 4.78 is 7.91. The van der Waals surface area contributed by atoms with Crippen LogP contribution in [0.25, 0.3) is 0 Å². The Labute approximate surface area is 251 Å². The fraction of sp³-hybridized carbons (Fsp3) is 0.233. The van der Waals surface area contributed by atoms with Gasteiger partial charge in [-0.15, -0.1) is 10.2 Å². The van der Waals surface area contributed by atoms with Crippen LogP contribution in [0.5, 0.6) is 5.75 Å². The van der Waals surface area contributed by atoms with Gasteiger partial charge in [0.2, 0.25) is 0 Å². The maximum absolute atomic E-state index is 13.5. The van der Waals surface area contributed by atoms with Gasteiger partial charge in [-0.25, -0.2) is 5.01 Å². The molecule has 0 saturated carbocycles. The van der Waals surface area contributed by atoms with Crippen molar-refractivity contribution >= 4 is 45.2 Å². The first kappa shape index (κ1) is 28.6. The standard InChI is InChI=1S/C30H29BrN6O3S/c1-19-4-6-21(7-5-19)26-16-25(20-8-12-23(31)13-9-20)35-37(26)28(38)18-41-30-34-33-27(36(30)2)17-32-29(39)22-10-14-24(40-3)15-11-22/h4-15,26H,16-18H2,1-3H3,(H,32,39). The van der Waals surface area contributed by atoms with E-state index in [9.17, 15) is 9.59 Å². The Kier molecular flexibility index (Phi) is 8.84. The average molecular weight is 634 g/mol. The number of carbonyl (C=O) groups is 2. The second kappa shape index (κ2) is 12.7. The lowest BCUT2D eigenvalue weighted by molar-refractivity contribution is -0.130. The smallest absolute Gasteiger partial charge is 0.253 e. The highest BCUT2D eigenvalue weighted by atomic mass is 79.9. The van der Waals surface area contributed by atoms with Gasteiger partial charge in [-0.1, -0.05) is 69.7 Å². The lowest BCUT2D eigenvalue weighted by Gasteiger charge is -2.22. The highest BCUT2D eigenvalue weighted by molar-refractivity contribution is 9.10. The summed E-state index contributed by atoms with van der Waals surface area (Å²) >= 11 is 4.77. The zero-order valence-corrected chi connectivity index (χ0v) is 25.3. The predicted molar refractivity (Wildman–Crippen MR) is 162 cm³/mol. The van der Waals surface area contributed by atoms with Gasteiger partial charge in [0, 0.05) is 23.5 Å². The van der Waals surface area contributed by atoms with Crippen LogP contribution < -0.4 is 10.1 Å². The molecule has 1 atom stereocenters. The first-order valence-corrected chi connectivity index (χ1v) is 14.8. The van der Waals surface area contributed by atoms with Crippen molar-refractivity contribution in [3.05, 3.63) is 105 Å². The number of ether oxygens (including phenoxy) is 1. The minimum atomic E-state index is -0.226. The van der Waals surface area contributed by atoms with Gasteiger partial charge in [-0.3, -0.25) is 9.59 Å². The summed E-state index contributed by atoms with van der Waals surface area (Å²) in [6.45, 7) is 2.24. The van der Waals surface area contributed by atoms with Crippen LogP contribution in [0.2, 0.25) is 0 Å². The van der Waals surface area contributed by atoms with Crippen LogP contribution >= 0.6 is 27.7 Å². The molecule has 0 bridgehead atoms. The SMILES string of the molecule is COc1ccc(C(=O)NCc2nnc(SCC(=O)N3N=C(c4ccc(Br)cc4)CC3c3ccc(C)cc3)n2C)cc1. The van der Waals surface area contributed by atoms with E-state index in [-0.39, 0.29) is 30.2 Å². The Morgan fingerprint density at radius 3 is 2.41 bits per heavy atom. The van der Waals surface area contributed by atoms with Crippen molar-refractivity contribution in [1.29, 1.82) is 0 Å². The van der Waals surface area contributed by atoms with Crippen molar-refractivity contribution in [3.63, 3.8) is 0 Å². The van der Waals surface area contributed by atoms with Gasteiger partial charge in [0.25, 0.3) is 11.8 Å². The van der Waals surface area contributed by atoms with E-state index in [1.807, 2.05) is 38.2 Å². The number of benzene rings is 3. The molecule has 11 heteroatoms. The number of aryl methyl sites for hydroxylation is 1. The third-order valence-corrected chi connectivity index (χ3v) is 8.35. The third-order valence-electron chi connectivity index (χ3n) is 6.81. The van der Waals surface area contributed by atoms with Crippen molar-refractivity contribution in [2.75, 3.05) is 12.9 Å². The molecule has 0 fully saturated rings. The van der Waals surface area contributed by atoms with E-state index in [4.69, 9.17) is 9.84 Å². The lowest BCUT2D eigenvalue weighted by Crippen LogP contribution is -2.28. The molecule has 5 rings (SSSR count). The molecule has 1 unspecified atom stereocenters. The number of thioether (sulfide) groups is 1. The number of hydrogen-bond acceptors (Lipinski definition) is 7. The van der Waals surface area contributed by atoms with E-state index in [2.05, 4.69) is 55.7 Å². The van der Waals surface area contributed by atoms with Gasteiger partial charge >= 0.3 is 0 Å². The molecule has 2 amide bonds. The zero-order valence-electron chi connectivity index (χ0n) is 22.9. The Balaban J connectivity index is 1.25.